The molecule has 0 spiro atoms. The Kier molecular flexibility index (Phi) is 3.17. The molecule has 2 fully saturated rings. The topological polar surface area (TPSA) is 54.4 Å². The molecule has 0 aromatic rings. The second-order valence-corrected chi connectivity index (χ2v) is 7.08. The first-order valence-corrected chi connectivity index (χ1v) is 6.90. The van der Waals surface area contributed by atoms with Crippen molar-refractivity contribution in [3.05, 3.63) is 0 Å². The fourth-order valence-corrected chi connectivity index (χ4v) is 4.34. The fourth-order valence-electron chi connectivity index (χ4n) is 4.34. The Morgan fingerprint density at radius 3 is 2.39 bits per heavy atom. The van der Waals surface area contributed by atoms with Crippen molar-refractivity contribution in [1.29, 1.82) is 0 Å². The highest BCUT2D eigenvalue weighted by molar-refractivity contribution is 5.61. The standard InChI is InChI=1S/C15H24O3/c1-9(7-16)12-11(8-17)15(4,18)6-5-10-13(12)14(10,2)3/h7-13,18H,5-6H2,1-4H3/t9-,10+,11-,12+,13+,15-/m1/s1. The monoisotopic (exact) mass is 252 g/mol. The first-order chi connectivity index (χ1) is 8.27. The zero-order valence-electron chi connectivity index (χ0n) is 11.7. The second kappa shape index (κ2) is 4.16. The molecule has 0 saturated heterocycles. The van der Waals surface area contributed by atoms with E-state index in [0.717, 1.165) is 19.0 Å². The summed E-state index contributed by atoms with van der Waals surface area (Å²) in [6, 6.07) is 0. The Balaban J connectivity index is 2.38. The van der Waals surface area contributed by atoms with Gasteiger partial charge in [0.25, 0.3) is 0 Å². The van der Waals surface area contributed by atoms with Crippen LogP contribution in [0.5, 0.6) is 0 Å². The van der Waals surface area contributed by atoms with Crippen LogP contribution in [0.15, 0.2) is 0 Å². The second-order valence-electron chi connectivity index (χ2n) is 7.08. The van der Waals surface area contributed by atoms with Gasteiger partial charge in [-0.15, -0.1) is 0 Å². The molecule has 18 heavy (non-hydrogen) atoms. The van der Waals surface area contributed by atoms with Crippen LogP contribution in [0.2, 0.25) is 0 Å². The van der Waals surface area contributed by atoms with Gasteiger partial charge in [0.2, 0.25) is 0 Å². The van der Waals surface area contributed by atoms with Crippen LogP contribution in [0, 0.1) is 35.0 Å². The minimum atomic E-state index is -0.965. The summed E-state index contributed by atoms with van der Waals surface area (Å²) in [6.07, 6.45) is 3.43. The molecule has 2 aliphatic rings. The normalized spacial score (nSPS) is 47.6. The maximum atomic E-state index is 11.5. The van der Waals surface area contributed by atoms with Crippen molar-refractivity contribution in [2.24, 2.45) is 35.0 Å². The van der Waals surface area contributed by atoms with Crippen molar-refractivity contribution in [3.63, 3.8) is 0 Å². The quantitative estimate of drug-likeness (QED) is 0.782. The smallest absolute Gasteiger partial charge is 0.126 e. The van der Waals surface area contributed by atoms with Gasteiger partial charge < -0.3 is 14.7 Å². The molecule has 2 saturated carbocycles. The molecule has 0 aromatic carbocycles. The van der Waals surface area contributed by atoms with Crippen molar-refractivity contribution < 1.29 is 14.7 Å². The number of carbonyl (C=O) groups excluding carboxylic acids is 2. The molecule has 0 amide bonds. The molecule has 0 heterocycles. The van der Waals surface area contributed by atoms with Gasteiger partial charge in [-0.25, -0.2) is 0 Å². The zero-order valence-corrected chi connectivity index (χ0v) is 11.7. The number of hydrogen-bond donors (Lipinski definition) is 1. The van der Waals surface area contributed by atoms with E-state index in [1.54, 1.807) is 6.92 Å². The molecular formula is C15H24O3. The molecule has 0 radical (unpaired) electrons. The van der Waals surface area contributed by atoms with E-state index in [2.05, 4.69) is 13.8 Å². The van der Waals surface area contributed by atoms with Gasteiger partial charge in [0.1, 0.15) is 12.6 Å². The van der Waals surface area contributed by atoms with Crippen LogP contribution in [0.4, 0.5) is 0 Å². The van der Waals surface area contributed by atoms with Gasteiger partial charge in [0, 0.05) is 11.8 Å². The molecule has 0 aromatic heterocycles. The number of carbonyl (C=O) groups is 2. The van der Waals surface area contributed by atoms with Crippen LogP contribution < -0.4 is 0 Å². The molecule has 3 nitrogen and oxygen atoms in total. The summed E-state index contributed by atoms with van der Waals surface area (Å²) in [4.78, 5) is 22.6. The minimum Gasteiger partial charge on any atom is -0.389 e. The van der Waals surface area contributed by atoms with Crippen molar-refractivity contribution in [3.8, 4) is 0 Å². The first kappa shape index (κ1) is 13.7. The molecule has 0 aliphatic heterocycles. The third-order valence-corrected chi connectivity index (χ3v) is 5.62. The third kappa shape index (κ3) is 1.83. The maximum absolute atomic E-state index is 11.5. The van der Waals surface area contributed by atoms with E-state index in [1.165, 1.54) is 0 Å². The van der Waals surface area contributed by atoms with Gasteiger partial charge in [-0.2, -0.15) is 0 Å². The van der Waals surface area contributed by atoms with Gasteiger partial charge in [0.15, 0.2) is 0 Å². The average Bonchev–Trinajstić information content (AvgIpc) is 2.86. The maximum Gasteiger partial charge on any atom is 0.126 e. The van der Waals surface area contributed by atoms with Crippen molar-refractivity contribution in [2.75, 3.05) is 0 Å². The Hall–Kier alpha value is -0.700. The lowest BCUT2D eigenvalue weighted by Gasteiger charge is -2.36. The lowest BCUT2D eigenvalue weighted by Crippen LogP contribution is -2.43. The molecular weight excluding hydrogens is 228 g/mol. The van der Waals surface area contributed by atoms with Crippen LogP contribution in [-0.4, -0.2) is 23.3 Å². The molecule has 0 unspecified atom stereocenters. The molecule has 6 atom stereocenters. The molecule has 0 bridgehead atoms. The number of aldehydes is 2. The van der Waals surface area contributed by atoms with Gasteiger partial charge in [-0.3, -0.25) is 0 Å². The van der Waals surface area contributed by atoms with Crippen LogP contribution >= 0.6 is 0 Å². The van der Waals surface area contributed by atoms with Gasteiger partial charge in [-0.1, -0.05) is 20.8 Å². The van der Waals surface area contributed by atoms with E-state index in [1.807, 2.05) is 6.92 Å². The molecule has 1 N–H and O–H groups in total. The largest absolute Gasteiger partial charge is 0.389 e. The summed E-state index contributed by atoms with van der Waals surface area (Å²) < 4.78 is 0. The molecule has 2 aliphatic carbocycles. The summed E-state index contributed by atoms with van der Waals surface area (Å²) in [5.41, 5.74) is -0.757. The Labute approximate surface area is 109 Å². The van der Waals surface area contributed by atoms with Crippen LogP contribution in [0.1, 0.15) is 40.5 Å². The van der Waals surface area contributed by atoms with E-state index >= 15 is 0 Å². The number of fused-ring (bicyclic) bond motifs is 1. The molecule has 102 valence electrons. The highest BCUT2D eigenvalue weighted by atomic mass is 16.3. The molecule has 3 heteroatoms. The third-order valence-electron chi connectivity index (χ3n) is 5.62. The van der Waals surface area contributed by atoms with E-state index in [0.29, 0.717) is 18.3 Å². The average molecular weight is 252 g/mol. The van der Waals surface area contributed by atoms with Crippen LogP contribution in [-0.2, 0) is 9.59 Å². The van der Waals surface area contributed by atoms with E-state index in [4.69, 9.17) is 0 Å². The number of hydrogen-bond acceptors (Lipinski definition) is 3. The Morgan fingerprint density at radius 1 is 1.28 bits per heavy atom. The SMILES string of the molecule is C[C@H](C=O)[C@@H]1[C@@H]2[C@H](CC[C@@](C)(O)[C@@H]1C=O)C2(C)C. The summed E-state index contributed by atoms with van der Waals surface area (Å²) >= 11 is 0. The summed E-state index contributed by atoms with van der Waals surface area (Å²) in [6.45, 7) is 8.05. The lowest BCUT2D eigenvalue weighted by atomic mass is 9.70. The van der Waals surface area contributed by atoms with Gasteiger partial charge in [-0.05, 0) is 42.9 Å². The Bertz CT molecular complexity index is 359. The first-order valence-electron chi connectivity index (χ1n) is 6.90. The minimum absolute atomic E-state index is 0.0162. The van der Waals surface area contributed by atoms with Crippen molar-refractivity contribution in [2.45, 2.75) is 46.1 Å². The number of aliphatic hydroxyl groups is 1. The van der Waals surface area contributed by atoms with Gasteiger partial charge in [0.05, 0.1) is 5.60 Å². The Morgan fingerprint density at radius 2 is 1.89 bits per heavy atom. The lowest BCUT2D eigenvalue weighted by molar-refractivity contribution is -0.127. The predicted octanol–water partition coefficient (Wildman–Crippen LogP) is 2.07. The van der Waals surface area contributed by atoms with Crippen molar-refractivity contribution in [1.82, 2.24) is 0 Å². The zero-order chi connectivity index (χ0) is 13.7. The van der Waals surface area contributed by atoms with E-state index in [9.17, 15) is 14.7 Å². The highest BCUT2D eigenvalue weighted by Gasteiger charge is 2.65. The predicted molar refractivity (Wildman–Crippen MR) is 68.9 cm³/mol. The van der Waals surface area contributed by atoms with Crippen molar-refractivity contribution >= 4 is 12.6 Å². The fraction of sp³-hybridized carbons (Fsp3) is 0.867. The van der Waals surface area contributed by atoms with Gasteiger partial charge >= 0.3 is 0 Å². The van der Waals surface area contributed by atoms with E-state index in [-0.39, 0.29) is 17.3 Å². The van der Waals surface area contributed by atoms with Crippen LogP contribution in [0.25, 0.3) is 0 Å². The highest BCUT2D eigenvalue weighted by Crippen LogP contribution is 2.68. The number of rotatable bonds is 3. The van der Waals surface area contributed by atoms with Crippen LogP contribution in [0.3, 0.4) is 0 Å². The summed E-state index contributed by atoms with van der Waals surface area (Å²) in [7, 11) is 0. The molecule has 2 rings (SSSR count). The summed E-state index contributed by atoms with van der Waals surface area (Å²) in [5.74, 6) is 0.328. The van der Waals surface area contributed by atoms with E-state index < -0.39 is 11.5 Å². The summed E-state index contributed by atoms with van der Waals surface area (Å²) in [5, 5.41) is 10.5.